The largest absolute Gasteiger partial charge is 0.496 e. The molecule has 1 aromatic carbocycles. The highest BCUT2D eigenvalue weighted by atomic mass is 16.5. The Kier molecular flexibility index (Phi) is 8.09. The van der Waals surface area contributed by atoms with Gasteiger partial charge in [-0.15, -0.1) is 5.10 Å². The lowest BCUT2D eigenvalue weighted by atomic mass is 10.1. The van der Waals surface area contributed by atoms with Gasteiger partial charge < -0.3 is 14.2 Å². The number of hydrogen-bond donors (Lipinski definition) is 0. The summed E-state index contributed by atoms with van der Waals surface area (Å²) in [6.45, 7) is 3.51. The van der Waals surface area contributed by atoms with Crippen LogP contribution in [0.25, 0.3) is 0 Å². The summed E-state index contributed by atoms with van der Waals surface area (Å²) in [5.74, 6) is 2.07. The molecular weight excluding hydrogens is 318 g/mol. The minimum atomic E-state index is 0.368. The third-order valence-electron chi connectivity index (χ3n) is 4.04. The Hall–Kier alpha value is -2.24. The SMILES string of the molecule is CCCCCCCCn1cc(COc2cc(OC)cc(OC)c2)nn1. The van der Waals surface area contributed by atoms with E-state index in [9.17, 15) is 0 Å². The van der Waals surface area contributed by atoms with E-state index in [-0.39, 0.29) is 0 Å². The van der Waals surface area contributed by atoms with E-state index in [2.05, 4.69) is 17.2 Å². The molecule has 0 radical (unpaired) electrons. The molecule has 1 heterocycles. The third kappa shape index (κ3) is 6.64. The van der Waals surface area contributed by atoms with Crippen LogP contribution in [-0.4, -0.2) is 29.2 Å². The second-order valence-electron chi connectivity index (χ2n) is 6.08. The molecule has 0 aliphatic heterocycles. The Morgan fingerprint density at radius 2 is 1.52 bits per heavy atom. The van der Waals surface area contributed by atoms with Crippen LogP contribution in [0.15, 0.2) is 24.4 Å². The normalized spacial score (nSPS) is 10.7. The van der Waals surface area contributed by atoms with Crippen LogP contribution in [0, 0.1) is 0 Å². The average Bonchev–Trinajstić information content (AvgIpc) is 3.10. The number of aryl methyl sites for hydroxylation is 1. The van der Waals surface area contributed by atoms with Crippen LogP contribution >= 0.6 is 0 Å². The lowest BCUT2D eigenvalue weighted by Gasteiger charge is -2.09. The van der Waals surface area contributed by atoms with Crippen molar-refractivity contribution in [2.45, 2.75) is 58.6 Å². The molecule has 6 nitrogen and oxygen atoms in total. The van der Waals surface area contributed by atoms with Crippen molar-refractivity contribution < 1.29 is 14.2 Å². The summed E-state index contributed by atoms with van der Waals surface area (Å²) in [6.07, 6.45) is 9.58. The first-order chi connectivity index (χ1) is 12.2. The highest BCUT2D eigenvalue weighted by molar-refractivity contribution is 5.42. The van der Waals surface area contributed by atoms with Gasteiger partial charge in [0.2, 0.25) is 0 Å². The van der Waals surface area contributed by atoms with Gasteiger partial charge in [-0.05, 0) is 6.42 Å². The first-order valence-corrected chi connectivity index (χ1v) is 9.00. The summed E-state index contributed by atoms with van der Waals surface area (Å²) in [4.78, 5) is 0. The van der Waals surface area contributed by atoms with E-state index in [1.807, 2.05) is 29.1 Å². The van der Waals surface area contributed by atoms with Gasteiger partial charge in [-0.25, -0.2) is 0 Å². The van der Waals surface area contributed by atoms with E-state index in [4.69, 9.17) is 14.2 Å². The van der Waals surface area contributed by atoms with Crippen LogP contribution in [0.3, 0.4) is 0 Å². The Labute approximate surface area is 150 Å². The van der Waals surface area contributed by atoms with Gasteiger partial charge in [0.1, 0.15) is 29.5 Å². The predicted octanol–water partition coefficient (Wildman–Crippen LogP) is 4.23. The lowest BCUT2D eigenvalue weighted by molar-refractivity contribution is 0.296. The lowest BCUT2D eigenvalue weighted by Crippen LogP contribution is -1.99. The predicted molar refractivity (Wildman–Crippen MR) is 97.3 cm³/mol. The summed E-state index contributed by atoms with van der Waals surface area (Å²) in [6, 6.07) is 5.45. The number of unbranched alkanes of at least 4 members (excludes halogenated alkanes) is 5. The third-order valence-corrected chi connectivity index (χ3v) is 4.04. The molecule has 0 bridgehead atoms. The molecule has 0 atom stereocenters. The Morgan fingerprint density at radius 3 is 2.20 bits per heavy atom. The number of benzene rings is 1. The number of aromatic nitrogens is 3. The minimum Gasteiger partial charge on any atom is -0.496 e. The summed E-state index contributed by atoms with van der Waals surface area (Å²) in [7, 11) is 3.23. The second kappa shape index (κ2) is 10.6. The van der Waals surface area contributed by atoms with Crippen molar-refractivity contribution in [3.05, 3.63) is 30.1 Å². The van der Waals surface area contributed by atoms with Crippen molar-refractivity contribution >= 4 is 0 Å². The zero-order chi connectivity index (χ0) is 17.9. The second-order valence-corrected chi connectivity index (χ2v) is 6.08. The van der Waals surface area contributed by atoms with E-state index in [0.717, 1.165) is 18.7 Å². The first kappa shape index (κ1) is 19.1. The van der Waals surface area contributed by atoms with E-state index in [0.29, 0.717) is 23.9 Å². The number of rotatable bonds is 12. The van der Waals surface area contributed by atoms with E-state index in [1.54, 1.807) is 14.2 Å². The van der Waals surface area contributed by atoms with E-state index >= 15 is 0 Å². The number of hydrogen-bond acceptors (Lipinski definition) is 5. The fourth-order valence-corrected chi connectivity index (χ4v) is 2.59. The molecule has 0 aliphatic rings. The summed E-state index contributed by atoms with van der Waals surface area (Å²) >= 11 is 0. The topological polar surface area (TPSA) is 58.4 Å². The fraction of sp³-hybridized carbons (Fsp3) is 0.579. The summed E-state index contributed by atoms with van der Waals surface area (Å²) in [5, 5.41) is 8.34. The molecule has 0 fully saturated rings. The number of nitrogens with zero attached hydrogens (tertiary/aromatic N) is 3. The standard InChI is InChI=1S/C19H29N3O3/c1-4-5-6-7-8-9-10-22-14-16(20-21-22)15-25-19-12-17(23-2)11-18(13-19)24-3/h11-14H,4-10,15H2,1-3H3. The molecule has 2 aromatic rings. The monoisotopic (exact) mass is 347 g/mol. The molecule has 2 rings (SSSR count). The minimum absolute atomic E-state index is 0.368. The Bertz CT molecular complexity index is 606. The molecule has 0 unspecified atom stereocenters. The molecule has 0 saturated heterocycles. The first-order valence-electron chi connectivity index (χ1n) is 9.00. The van der Waals surface area contributed by atoms with Crippen molar-refractivity contribution in [2.75, 3.05) is 14.2 Å². The van der Waals surface area contributed by atoms with Crippen LogP contribution in [0.4, 0.5) is 0 Å². The van der Waals surface area contributed by atoms with E-state index in [1.165, 1.54) is 32.1 Å². The van der Waals surface area contributed by atoms with Crippen LogP contribution in [0.1, 0.15) is 51.1 Å². The van der Waals surface area contributed by atoms with E-state index < -0.39 is 0 Å². The smallest absolute Gasteiger partial charge is 0.134 e. The molecular formula is C19H29N3O3. The van der Waals surface area contributed by atoms with Gasteiger partial charge in [0.05, 0.1) is 20.4 Å². The highest BCUT2D eigenvalue weighted by Crippen LogP contribution is 2.27. The Morgan fingerprint density at radius 1 is 0.880 bits per heavy atom. The van der Waals surface area contributed by atoms with Crippen LogP contribution in [-0.2, 0) is 13.2 Å². The molecule has 0 amide bonds. The Balaban J connectivity index is 1.77. The van der Waals surface area contributed by atoms with Gasteiger partial charge in [0.25, 0.3) is 0 Å². The molecule has 138 valence electrons. The van der Waals surface area contributed by atoms with Gasteiger partial charge in [0.15, 0.2) is 0 Å². The summed E-state index contributed by atoms with van der Waals surface area (Å²) in [5.41, 5.74) is 0.813. The van der Waals surface area contributed by atoms with Crippen LogP contribution < -0.4 is 14.2 Å². The van der Waals surface area contributed by atoms with Crippen molar-refractivity contribution in [3.63, 3.8) is 0 Å². The average molecular weight is 347 g/mol. The van der Waals surface area contributed by atoms with Gasteiger partial charge in [-0.3, -0.25) is 4.68 Å². The zero-order valence-corrected chi connectivity index (χ0v) is 15.5. The fourth-order valence-electron chi connectivity index (χ4n) is 2.59. The maximum Gasteiger partial charge on any atom is 0.134 e. The number of ether oxygens (including phenoxy) is 3. The summed E-state index contributed by atoms with van der Waals surface area (Å²) < 4.78 is 18.2. The maximum absolute atomic E-state index is 5.78. The van der Waals surface area contributed by atoms with Crippen LogP contribution in [0.5, 0.6) is 17.2 Å². The molecule has 1 aromatic heterocycles. The molecule has 0 spiro atoms. The molecule has 0 N–H and O–H groups in total. The van der Waals surface area contributed by atoms with Gasteiger partial charge >= 0.3 is 0 Å². The van der Waals surface area contributed by atoms with Gasteiger partial charge in [-0.2, -0.15) is 0 Å². The van der Waals surface area contributed by atoms with Crippen molar-refractivity contribution in [3.8, 4) is 17.2 Å². The zero-order valence-electron chi connectivity index (χ0n) is 15.5. The van der Waals surface area contributed by atoms with Crippen molar-refractivity contribution in [1.82, 2.24) is 15.0 Å². The molecule has 0 saturated carbocycles. The quantitative estimate of drug-likeness (QED) is 0.538. The molecule has 0 aliphatic carbocycles. The van der Waals surface area contributed by atoms with Gasteiger partial charge in [-0.1, -0.05) is 44.2 Å². The van der Waals surface area contributed by atoms with Crippen molar-refractivity contribution in [2.24, 2.45) is 0 Å². The van der Waals surface area contributed by atoms with Crippen molar-refractivity contribution in [1.29, 1.82) is 0 Å². The number of methoxy groups -OCH3 is 2. The maximum atomic E-state index is 5.78. The highest BCUT2D eigenvalue weighted by Gasteiger charge is 2.06. The molecule has 25 heavy (non-hydrogen) atoms. The van der Waals surface area contributed by atoms with Crippen LogP contribution in [0.2, 0.25) is 0 Å². The molecule has 6 heteroatoms. The van der Waals surface area contributed by atoms with Gasteiger partial charge in [0, 0.05) is 24.7 Å².